The first-order valence-electron chi connectivity index (χ1n) is 9.77. The maximum absolute atomic E-state index is 12.7. The van der Waals surface area contributed by atoms with Crippen molar-refractivity contribution in [2.45, 2.75) is 70.3 Å². The van der Waals surface area contributed by atoms with Gasteiger partial charge in [0.25, 0.3) is 0 Å². The monoisotopic (exact) mass is 343 g/mol. The fraction of sp³-hybridized carbons (Fsp3) is 0.619. The summed E-state index contributed by atoms with van der Waals surface area (Å²) in [6.07, 6.45) is 10.6. The van der Waals surface area contributed by atoms with Crippen molar-refractivity contribution in [2.75, 3.05) is 6.61 Å². The summed E-state index contributed by atoms with van der Waals surface area (Å²) in [5, 5.41) is 0. The van der Waals surface area contributed by atoms with Gasteiger partial charge in [0.2, 0.25) is 5.91 Å². The fourth-order valence-electron chi connectivity index (χ4n) is 4.08. The van der Waals surface area contributed by atoms with Crippen LogP contribution in [0.5, 0.6) is 0 Å². The molecule has 25 heavy (non-hydrogen) atoms. The van der Waals surface area contributed by atoms with Gasteiger partial charge in [-0.25, -0.2) is 9.69 Å². The molecule has 4 nitrogen and oxygen atoms in total. The minimum atomic E-state index is -0.469. The molecular weight excluding hydrogens is 314 g/mol. The van der Waals surface area contributed by atoms with Gasteiger partial charge in [-0.15, -0.1) is 0 Å². The smallest absolute Gasteiger partial charge is 0.416 e. The van der Waals surface area contributed by atoms with Crippen molar-refractivity contribution < 1.29 is 14.3 Å². The van der Waals surface area contributed by atoms with Gasteiger partial charge < -0.3 is 4.74 Å². The van der Waals surface area contributed by atoms with Crippen molar-refractivity contribution in [1.29, 1.82) is 0 Å². The lowest BCUT2D eigenvalue weighted by molar-refractivity contribution is -0.129. The van der Waals surface area contributed by atoms with Crippen LogP contribution in [0.3, 0.4) is 0 Å². The van der Waals surface area contributed by atoms with Crippen molar-refractivity contribution in [3.63, 3.8) is 0 Å². The van der Waals surface area contributed by atoms with Crippen LogP contribution in [-0.4, -0.2) is 29.5 Å². The molecule has 1 aromatic carbocycles. The van der Waals surface area contributed by atoms with Gasteiger partial charge in [0.15, 0.2) is 0 Å². The summed E-state index contributed by atoms with van der Waals surface area (Å²) in [5.74, 6) is 0.570. The Kier molecular flexibility index (Phi) is 6.48. The van der Waals surface area contributed by atoms with Crippen molar-refractivity contribution in [3.05, 3.63) is 35.9 Å². The molecule has 0 bridgehead atoms. The number of rotatable bonds is 5. The summed E-state index contributed by atoms with van der Waals surface area (Å²) in [5.41, 5.74) is 1.13. The normalized spacial score (nSPS) is 22.3. The molecule has 136 valence electrons. The number of cyclic esters (lactones) is 1. The zero-order chi connectivity index (χ0) is 17.5. The summed E-state index contributed by atoms with van der Waals surface area (Å²) < 4.78 is 5.17. The van der Waals surface area contributed by atoms with E-state index >= 15 is 0 Å². The largest absolute Gasteiger partial charge is 0.447 e. The Bertz CT molecular complexity index is 564. The molecule has 1 unspecified atom stereocenters. The van der Waals surface area contributed by atoms with Gasteiger partial charge in [0.1, 0.15) is 6.61 Å². The second-order valence-electron chi connectivity index (χ2n) is 7.43. The number of carbonyl (C=O) groups is 2. The van der Waals surface area contributed by atoms with Gasteiger partial charge >= 0.3 is 6.09 Å². The van der Waals surface area contributed by atoms with Gasteiger partial charge in [0.05, 0.1) is 6.04 Å². The Morgan fingerprint density at radius 2 is 1.72 bits per heavy atom. The van der Waals surface area contributed by atoms with Gasteiger partial charge in [0, 0.05) is 6.42 Å². The summed E-state index contributed by atoms with van der Waals surface area (Å²) in [6.45, 7) is 0.308. The first-order valence-corrected chi connectivity index (χ1v) is 9.77. The summed E-state index contributed by atoms with van der Waals surface area (Å²) in [7, 11) is 0. The topological polar surface area (TPSA) is 46.6 Å². The van der Waals surface area contributed by atoms with E-state index in [1.807, 2.05) is 30.3 Å². The minimum Gasteiger partial charge on any atom is -0.447 e. The predicted octanol–water partition coefficient (Wildman–Crippen LogP) is 4.72. The van der Waals surface area contributed by atoms with Crippen molar-refractivity contribution in [1.82, 2.24) is 4.90 Å². The van der Waals surface area contributed by atoms with Crippen LogP contribution in [0, 0.1) is 5.92 Å². The molecular formula is C21H29NO3. The summed E-state index contributed by atoms with van der Waals surface area (Å²) in [4.78, 5) is 26.1. The molecule has 1 aliphatic heterocycles. The summed E-state index contributed by atoms with van der Waals surface area (Å²) in [6, 6.07) is 9.82. The lowest BCUT2D eigenvalue weighted by Gasteiger charge is -2.22. The van der Waals surface area contributed by atoms with E-state index in [0.717, 1.165) is 12.0 Å². The first-order chi connectivity index (χ1) is 12.2. The van der Waals surface area contributed by atoms with Gasteiger partial charge in [-0.2, -0.15) is 0 Å². The standard InChI is InChI=1S/C21H29NO3/c23-20(14-13-17-9-5-2-1-3-6-10-17)22-19(16-25-21(22)24)15-18-11-7-4-8-12-18/h4,7-8,11-12,17,19H,1-3,5-6,9-10,13-16H2. The lowest BCUT2D eigenvalue weighted by Crippen LogP contribution is -2.40. The molecule has 2 aliphatic rings. The van der Waals surface area contributed by atoms with Crippen LogP contribution in [0.2, 0.25) is 0 Å². The molecule has 3 rings (SSSR count). The molecule has 4 heteroatoms. The van der Waals surface area contributed by atoms with Gasteiger partial charge in [-0.1, -0.05) is 75.3 Å². The number of hydrogen-bond donors (Lipinski definition) is 0. The molecule has 1 saturated heterocycles. The van der Waals surface area contributed by atoms with Crippen LogP contribution < -0.4 is 0 Å². The zero-order valence-corrected chi connectivity index (χ0v) is 15.0. The number of amides is 2. The Balaban J connectivity index is 1.54. The van der Waals surface area contributed by atoms with E-state index in [4.69, 9.17) is 4.74 Å². The highest BCUT2D eigenvalue weighted by molar-refractivity contribution is 5.93. The Labute approximate surface area is 150 Å². The van der Waals surface area contributed by atoms with Crippen LogP contribution >= 0.6 is 0 Å². The van der Waals surface area contributed by atoms with Crippen LogP contribution in [0.15, 0.2) is 30.3 Å². The van der Waals surface area contributed by atoms with Crippen molar-refractivity contribution in [3.8, 4) is 0 Å². The van der Waals surface area contributed by atoms with Crippen LogP contribution in [0.1, 0.15) is 63.4 Å². The Morgan fingerprint density at radius 1 is 1.04 bits per heavy atom. The second kappa shape index (κ2) is 9.02. The number of carbonyl (C=O) groups excluding carboxylic acids is 2. The van der Waals surface area contributed by atoms with Crippen LogP contribution in [0.25, 0.3) is 0 Å². The van der Waals surface area contributed by atoms with E-state index in [1.54, 1.807) is 0 Å². The van der Waals surface area contributed by atoms with E-state index in [1.165, 1.54) is 49.8 Å². The number of benzene rings is 1. The zero-order valence-electron chi connectivity index (χ0n) is 15.0. The van der Waals surface area contributed by atoms with Crippen molar-refractivity contribution in [2.24, 2.45) is 5.92 Å². The van der Waals surface area contributed by atoms with E-state index in [-0.39, 0.29) is 11.9 Å². The molecule has 0 radical (unpaired) electrons. The Hall–Kier alpha value is -1.84. The molecule has 0 aromatic heterocycles. The highest BCUT2D eigenvalue weighted by Gasteiger charge is 2.37. The van der Waals surface area contributed by atoms with E-state index < -0.39 is 6.09 Å². The van der Waals surface area contributed by atoms with Gasteiger partial charge in [-0.3, -0.25) is 4.79 Å². The molecule has 1 heterocycles. The SMILES string of the molecule is O=C(CCC1CCCCCCC1)N1C(=O)OCC1Cc1ccccc1. The Morgan fingerprint density at radius 3 is 2.44 bits per heavy atom. The molecule has 1 aliphatic carbocycles. The fourth-order valence-corrected chi connectivity index (χ4v) is 4.08. The highest BCUT2D eigenvalue weighted by atomic mass is 16.6. The molecule has 2 fully saturated rings. The van der Waals surface area contributed by atoms with Gasteiger partial charge in [-0.05, 0) is 24.3 Å². The van der Waals surface area contributed by atoms with Crippen LogP contribution in [-0.2, 0) is 16.0 Å². The maximum atomic E-state index is 12.7. The molecule has 1 atom stereocenters. The third-order valence-corrected chi connectivity index (χ3v) is 5.54. The lowest BCUT2D eigenvalue weighted by atomic mass is 9.88. The average Bonchev–Trinajstić information content (AvgIpc) is 2.95. The molecule has 1 saturated carbocycles. The maximum Gasteiger partial charge on any atom is 0.416 e. The third kappa shape index (κ3) is 5.07. The van der Waals surface area contributed by atoms with Crippen molar-refractivity contribution >= 4 is 12.0 Å². The molecule has 0 spiro atoms. The summed E-state index contributed by atoms with van der Waals surface area (Å²) >= 11 is 0. The highest BCUT2D eigenvalue weighted by Crippen LogP contribution is 2.27. The molecule has 2 amide bonds. The van der Waals surface area contributed by atoms with E-state index in [2.05, 4.69) is 0 Å². The predicted molar refractivity (Wildman–Crippen MR) is 97.2 cm³/mol. The van der Waals surface area contributed by atoms with E-state index in [0.29, 0.717) is 25.4 Å². The number of nitrogens with zero attached hydrogens (tertiary/aromatic N) is 1. The third-order valence-electron chi connectivity index (χ3n) is 5.54. The minimum absolute atomic E-state index is 0.0644. The first kappa shape index (κ1) is 18.0. The molecule has 0 N–H and O–H groups in total. The molecule has 1 aromatic rings. The second-order valence-corrected chi connectivity index (χ2v) is 7.43. The van der Waals surface area contributed by atoms with Crippen LogP contribution in [0.4, 0.5) is 4.79 Å². The average molecular weight is 343 g/mol. The quantitative estimate of drug-likeness (QED) is 0.777. The number of ether oxygens (including phenoxy) is 1. The number of imide groups is 1. The number of hydrogen-bond acceptors (Lipinski definition) is 3. The van der Waals surface area contributed by atoms with E-state index in [9.17, 15) is 9.59 Å².